The Balaban J connectivity index is 2.21. The highest BCUT2D eigenvalue weighted by atomic mass is 15.2. The molecule has 2 heteroatoms. The quantitative estimate of drug-likeness (QED) is 0.875. The Morgan fingerprint density at radius 2 is 1.79 bits per heavy atom. The van der Waals surface area contributed by atoms with Crippen molar-refractivity contribution in [2.45, 2.75) is 64.1 Å². The van der Waals surface area contributed by atoms with Gasteiger partial charge in [-0.05, 0) is 38.8 Å². The second-order valence-corrected chi connectivity index (χ2v) is 6.03. The minimum absolute atomic E-state index is 0.216. The van der Waals surface area contributed by atoms with E-state index in [2.05, 4.69) is 50.1 Å². The van der Waals surface area contributed by atoms with Gasteiger partial charge in [0.2, 0.25) is 0 Å². The molecule has 2 nitrogen and oxygen atoms in total. The third-order valence-corrected chi connectivity index (χ3v) is 4.64. The number of benzene rings is 1. The Labute approximate surface area is 118 Å². The van der Waals surface area contributed by atoms with E-state index in [1.54, 1.807) is 0 Å². The first kappa shape index (κ1) is 14.5. The minimum atomic E-state index is 0.216. The van der Waals surface area contributed by atoms with Crippen molar-refractivity contribution in [3.05, 3.63) is 35.4 Å². The zero-order valence-corrected chi connectivity index (χ0v) is 12.6. The van der Waals surface area contributed by atoms with Crippen molar-refractivity contribution >= 4 is 0 Å². The van der Waals surface area contributed by atoms with Gasteiger partial charge in [0, 0.05) is 18.1 Å². The van der Waals surface area contributed by atoms with Crippen LogP contribution in [0.3, 0.4) is 0 Å². The highest BCUT2D eigenvalue weighted by molar-refractivity contribution is 5.25. The fourth-order valence-corrected chi connectivity index (χ4v) is 3.31. The summed E-state index contributed by atoms with van der Waals surface area (Å²) in [5, 5.41) is 0. The van der Waals surface area contributed by atoms with Gasteiger partial charge in [-0.2, -0.15) is 0 Å². The number of nitrogens with two attached hydrogens (primary N) is 1. The number of nitrogens with zero attached hydrogens (tertiary/aromatic N) is 1. The number of hydrogen-bond acceptors (Lipinski definition) is 2. The van der Waals surface area contributed by atoms with Gasteiger partial charge in [-0.1, -0.05) is 49.6 Å². The third-order valence-electron chi connectivity index (χ3n) is 4.64. The van der Waals surface area contributed by atoms with Crippen LogP contribution in [0.15, 0.2) is 24.3 Å². The first-order chi connectivity index (χ1) is 9.13. The molecule has 0 radical (unpaired) electrons. The van der Waals surface area contributed by atoms with Crippen molar-refractivity contribution in [1.29, 1.82) is 0 Å². The van der Waals surface area contributed by atoms with E-state index in [-0.39, 0.29) is 6.04 Å². The molecule has 2 unspecified atom stereocenters. The van der Waals surface area contributed by atoms with Crippen molar-refractivity contribution in [2.75, 3.05) is 7.05 Å². The van der Waals surface area contributed by atoms with Gasteiger partial charge >= 0.3 is 0 Å². The summed E-state index contributed by atoms with van der Waals surface area (Å²) in [5.41, 5.74) is 9.10. The molecule has 2 N–H and O–H groups in total. The highest BCUT2D eigenvalue weighted by Gasteiger charge is 2.29. The summed E-state index contributed by atoms with van der Waals surface area (Å²) in [6.07, 6.45) is 6.42. The van der Waals surface area contributed by atoms with Crippen LogP contribution in [0.25, 0.3) is 0 Å². The van der Waals surface area contributed by atoms with Gasteiger partial charge in [-0.15, -0.1) is 0 Å². The van der Waals surface area contributed by atoms with Crippen LogP contribution in [-0.4, -0.2) is 24.0 Å². The molecule has 1 aliphatic rings. The molecule has 1 fully saturated rings. The van der Waals surface area contributed by atoms with Crippen LogP contribution in [-0.2, 0) is 0 Å². The SMILES string of the molecule is CCC(N)C(c1ccc(C)cc1)N(C)C1CCCC1. The van der Waals surface area contributed by atoms with Crippen LogP contribution < -0.4 is 5.73 Å². The zero-order valence-electron chi connectivity index (χ0n) is 12.6. The Morgan fingerprint density at radius 3 is 2.32 bits per heavy atom. The third kappa shape index (κ3) is 3.37. The Hall–Kier alpha value is -0.860. The average molecular weight is 260 g/mol. The molecule has 1 saturated carbocycles. The maximum absolute atomic E-state index is 6.41. The average Bonchev–Trinajstić information content (AvgIpc) is 2.95. The maximum Gasteiger partial charge on any atom is 0.0498 e. The molecule has 106 valence electrons. The predicted molar refractivity (Wildman–Crippen MR) is 82.2 cm³/mol. The van der Waals surface area contributed by atoms with Crippen molar-refractivity contribution in [1.82, 2.24) is 4.90 Å². The van der Waals surface area contributed by atoms with Gasteiger partial charge in [0.15, 0.2) is 0 Å². The molecule has 0 aliphatic heterocycles. The summed E-state index contributed by atoms with van der Waals surface area (Å²) >= 11 is 0. The smallest absolute Gasteiger partial charge is 0.0498 e. The zero-order chi connectivity index (χ0) is 13.8. The Bertz CT molecular complexity index is 379. The standard InChI is InChI=1S/C17H28N2/c1-4-16(18)17(14-11-9-13(2)10-12-14)19(3)15-7-5-6-8-15/h9-12,15-17H,4-8,18H2,1-3H3. The summed E-state index contributed by atoms with van der Waals surface area (Å²) in [4.78, 5) is 2.53. The van der Waals surface area contributed by atoms with Crippen LogP contribution in [0.5, 0.6) is 0 Å². The largest absolute Gasteiger partial charge is 0.326 e. The molecule has 0 amide bonds. The molecule has 1 aliphatic carbocycles. The minimum Gasteiger partial charge on any atom is -0.326 e. The lowest BCUT2D eigenvalue weighted by Gasteiger charge is -2.37. The van der Waals surface area contributed by atoms with Crippen molar-refractivity contribution in [3.63, 3.8) is 0 Å². The lowest BCUT2D eigenvalue weighted by Crippen LogP contribution is -2.43. The lowest BCUT2D eigenvalue weighted by molar-refractivity contribution is 0.150. The van der Waals surface area contributed by atoms with Gasteiger partial charge in [-0.25, -0.2) is 0 Å². The van der Waals surface area contributed by atoms with Gasteiger partial charge in [0.25, 0.3) is 0 Å². The normalized spacial score (nSPS) is 19.8. The van der Waals surface area contributed by atoms with Gasteiger partial charge in [0.05, 0.1) is 0 Å². The van der Waals surface area contributed by atoms with E-state index in [9.17, 15) is 0 Å². The molecule has 0 spiro atoms. The van der Waals surface area contributed by atoms with E-state index in [4.69, 9.17) is 5.73 Å². The van der Waals surface area contributed by atoms with E-state index in [1.165, 1.54) is 36.8 Å². The number of hydrogen-bond donors (Lipinski definition) is 1. The summed E-state index contributed by atoms with van der Waals surface area (Å²) in [6, 6.07) is 10.2. The topological polar surface area (TPSA) is 29.3 Å². The Kier molecular flexibility index (Phi) is 5.00. The molecule has 19 heavy (non-hydrogen) atoms. The summed E-state index contributed by atoms with van der Waals surface area (Å²) in [7, 11) is 2.26. The fourth-order valence-electron chi connectivity index (χ4n) is 3.31. The molecule has 0 bridgehead atoms. The molecular weight excluding hydrogens is 232 g/mol. The molecule has 0 saturated heterocycles. The summed E-state index contributed by atoms with van der Waals surface area (Å²) < 4.78 is 0. The van der Waals surface area contributed by atoms with E-state index in [0.29, 0.717) is 12.1 Å². The van der Waals surface area contributed by atoms with Crippen LogP contribution in [0.2, 0.25) is 0 Å². The number of likely N-dealkylation sites (N-methyl/N-ethyl adjacent to an activating group) is 1. The molecule has 0 heterocycles. The lowest BCUT2D eigenvalue weighted by atomic mass is 9.94. The van der Waals surface area contributed by atoms with E-state index >= 15 is 0 Å². The maximum atomic E-state index is 6.41. The van der Waals surface area contributed by atoms with Crippen LogP contribution in [0.1, 0.15) is 56.2 Å². The van der Waals surface area contributed by atoms with Crippen molar-refractivity contribution in [3.8, 4) is 0 Å². The highest BCUT2D eigenvalue weighted by Crippen LogP contribution is 2.32. The van der Waals surface area contributed by atoms with Gasteiger partial charge in [-0.3, -0.25) is 4.90 Å². The molecule has 2 atom stereocenters. The summed E-state index contributed by atoms with van der Waals surface area (Å²) in [6.45, 7) is 4.33. The molecule has 1 aromatic carbocycles. The van der Waals surface area contributed by atoms with Crippen LogP contribution in [0.4, 0.5) is 0 Å². The molecule has 2 rings (SSSR count). The molecular formula is C17H28N2. The second-order valence-electron chi connectivity index (χ2n) is 6.03. The van der Waals surface area contributed by atoms with Crippen LogP contribution in [0, 0.1) is 6.92 Å². The number of aryl methyl sites for hydroxylation is 1. The second kappa shape index (κ2) is 6.53. The van der Waals surface area contributed by atoms with Crippen molar-refractivity contribution in [2.24, 2.45) is 5.73 Å². The first-order valence-electron chi connectivity index (χ1n) is 7.67. The van der Waals surface area contributed by atoms with E-state index in [1.807, 2.05) is 0 Å². The number of rotatable bonds is 5. The van der Waals surface area contributed by atoms with Crippen molar-refractivity contribution < 1.29 is 0 Å². The van der Waals surface area contributed by atoms with E-state index < -0.39 is 0 Å². The van der Waals surface area contributed by atoms with Crippen LogP contribution >= 0.6 is 0 Å². The molecule has 1 aromatic rings. The van der Waals surface area contributed by atoms with E-state index in [0.717, 1.165) is 6.42 Å². The fraction of sp³-hybridized carbons (Fsp3) is 0.647. The molecule has 0 aromatic heterocycles. The monoisotopic (exact) mass is 260 g/mol. The summed E-state index contributed by atoms with van der Waals surface area (Å²) in [5.74, 6) is 0. The first-order valence-corrected chi connectivity index (χ1v) is 7.67. The van der Waals surface area contributed by atoms with Gasteiger partial charge in [0.1, 0.15) is 0 Å². The predicted octanol–water partition coefficient (Wildman–Crippen LogP) is 3.65. The Morgan fingerprint density at radius 1 is 1.21 bits per heavy atom. The van der Waals surface area contributed by atoms with Gasteiger partial charge < -0.3 is 5.73 Å².